The molecule has 0 saturated heterocycles. The Morgan fingerprint density at radius 3 is 2.65 bits per heavy atom. The molecule has 0 aromatic carbocycles. The molecule has 1 heterocycles. The molecule has 0 spiro atoms. The molecule has 96 valence electrons. The molecule has 0 unspecified atom stereocenters. The van der Waals surface area contributed by atoms with Crippen LogP contribution >= 0.6 is 0 Å². The Kier molecular flexibility index (Phi) is 4.69. The summed E-state index contributed by atoms with van der Waals surface area (Å²) in [6, 6.07) is 0. The third-order valence-electron chi connectivity index (χ3n) is 2.61. The first kappa shape index (κ1) is 13.7. The molecular weight excluding hydrogens is 220 g/mol. The van der Waals surface area contributed by atoms with Crippen molar-refractivity contribution in [3.8, 4) is 0 Å². The molecule has 0 bridgehead atoms. The van der Waals surface area contributed by atoms with Gasteiger partial charge in [0.2, 0.25) is 0 Å². The van der Waals surface area contributed by atoms with Crippen LogP contribution in [0.2, 0.25) is 0 Å². The van der Waals surface area contributed by atoms with E-state index in [9.17, 15) is 4.79 Å². The van der Waals surface area contributed by atoms with Gasteiger partial charge in [-0.15, -0.1) is 0 Å². The smallest absolute Gasteiger partial charge is 0.307 e. The van der Waals surface area contributed by atoms with Gasteiger partial charge in [-0.25, -0.2) is 0 Å². The van der Waals surface area contributed by atoms with E-state index in [2.05, 4.69) is 5.10 Å². The molecule has 0 aliphatic rings. The summed E-state index contributed by atoms with van der Waals surface area (Å²) in [5.74, 6) is -0.825. The van der Waals surface area contributed by atoms with E-state index < -0.39 is 5.97 Å². The van der Waals surface area contributed by atoms with Crippen LogP contribution in [0.15, 0.2) is 0 Å². The molecule has 0 aliphatic carbocycles. The zero-order valence-corrected chi connectivity index (χ0v) is 10.9. The number of hydrogen-bond donors (Lipinski definition) is 1. The number of rotatable bonds is 6. The second-order valence-electron chi connectivity index (χ2n) is 4.36. The lowest BCUT2D eigenvalue weighted by Crippen LogP contribution is -2.12. The topological polar surface area (TPSA) is 64.4 Å². The van der Waals surface area contributed by atoms with Gasteiger partial charge in [-0.05, 0) is 27.7 Å². The summed E-state index contributed by atoms with van der Waals surface area (Å²) < 4.78 is 7.27. The quantitative estimate of drug-likeness (QED) is 0.819. The molecule has 1 aromatic rings. The molecule has 0 aliphatic heterocycles. The summed E-state index contributed by atoms with van der Waals surface area (Å²) in [6.07, 6.45) is 0.230. The van der Waals surface area contributed by atoms with Crippen LogP contribution < -0.4 is 0 Å². The highest BCUT2D eigenvalue weighted by Crippen LogP contribution is 2.13. The van der Waals surface area contributed by atoms with Gasteiger partial charge in [0.05, 0.1) is 31.4 Å². The molecule has 0 atom stereocenters. The fourth-order valence-electron chi connectivity index (χ4n) is 1.73. The third kappa shape index (κ3) is 3.85. The predicted molar refractivity (Wildman–Crippen MR) is 64.1 cm³/mol. The Morgan fingerprint density at radius 1 is 1.47 bits per heavy atom. The largest absolute Gasteiger partial charge is 0.481 e. The van der Waals surface area contributed by atoms with Crippen LogP contribution in [0.1, 0.15) is 30.8 Å². The maximum absolute atomic E-state index is 10.7. The molecule has 5 heteroatoms. The van der Waals surface area contributed by atoms with Crippen molar-refractivity contribution in [1.29, 1.82) is 0 Å². The Bertz CT molecular complexity index is 397. The Morgan fingerprint density at radius 2 is 2.12 bits per heavy atom. The fourth-order valence-corrected chi connectivity index (χ4v) is 1.73. The number of aliphatic carboxylic acids is 1. The first-order valence-electron chi connectivity index (χ1n) is 5.78. The van der Waals surface area contributed by atoms with Gasteiger partial charge in [0, 0.05) is 11.3 Å². The van der Waals surface area contributed by atoms with E-state index in [0.717, 1.165) is 17.0 Å². The van der Waals surface area contributed by atoms with Crippen molar-refractivity contribution in [2.75, 3.05) is 6.61 Å². The minimum absolute atomic E-state index is 0.0305. The Balaban J connectivity index is 2.71. The van der Waals surface area contributed by atoms with E-state index in [1.165, 1.54) is 0 Å². The minimum atomic E-state index is -0.825. The molecule has 1 aromatic heterocycles. The van der Waals surface area contributed by atoms with Gasteiger partial charge in [0.25, 0.3) is 0 Å². The minimum Gasteiger partial charge on any atom is -0.481 e. The van der Waals surface area contributed by atoms with Crippen molar-refractivity contribution < 1.29 is 14.6 Å². The fraction of sp³-hybridized carbons (Fsp3) is 0.667. The van der Waals surface area contributed by atoms with Crippen molar-refractivity contribution in [3.63, 3.8) is 0 Å². The first-order valence-corrected chi connectivity index (χ1v) is 5.78. The van der Waals surface area contributed by atoms with Crippen LogP contribution in [0.25, 0.3) is 0 Å². The maximum Gasteiger partial charge on any atom is 0.307 e. The van der Waals surface area contributed by atoms with Crippen molar-refractivity contribution in [2.24, 2.45) is 0 Å². The third-order valence-corrected chi connectivity index (χ3v) is 2.61. The zero-order chi connectivity index (χ0) is 13.0. The molecule has 1 rings (SSSR count). The van der Waals surface area contributed by atoms with Gasteiger partial charge >= 0.3 is 5.97 Å². The van der Waals surface area contributed by atoms with Crippen molar-refractivity contribution in [3.05, 3.63) is 17.0 Å². The lowest BCUT2D eigenvalue weighted by atomic mass is 10.1. The van der Waals surface area contributed by atoms with Gasteiger partial charge in [0.1, 0.15) is 0 Å². The Labute approximate surface area is 101 Å². The molecule has 17 heavy (non-hydrogen) atoms. The number of aryl methyl sites for hydroxylation is 1. The van der Waals surface area contributed by atoms with Crippen molar-refractivity contribution in [1.82, 2.24) is 9.78 Å². The van der Waals surface area contributed by atoms with Crippen LogP contribution in [0, 0.1) is 13.8 Å². The van der Waals surface area contributed by atoms with Crippen LogP contribution in [0.4, 0.5) is 0 Å². The monoisotopic (exact) mass is 240 g/mol. The first-order chi connectivity index (χ1) is 7.91. The standard InChI is InChI=1S/C12H20N2O3/c1-8(2)17-6-5-14-10(4)11(7-12(15)16)9(3)13-14/h8H,5-7H2,1-4H3,(H,15,16). The number of carboxylic acid groups (broad SMARTS) is 1. The van der Waals surface area contributed by atoms with E-state index in [1.54, 1.807) is 0 Å². The zero-order valence-electron chi connectivity index (χ0n) is 10.9. The van der Waals surface area contributed by atoms with Crippen LogP contribution in [0.3, 0.4) is 0 Å². The van der Waals surface area contributed by atoms with Gasteiger partial charge in [-0.3, -0.25) is 9.48 Å². The molecule has 1 N–H and O–H groups in total. The average molecular weight is 240 g/mol. The highest BCUT2D eigenvalue weighted by atomic mass is 16.5. The predicted octanol–water partition coefficient (Wildman–Crippen LogP) is 1.55. The summed E-state index contributed by atoms with van der Waals surface area (Å²) in [5, 5.41) is 13.1. The van der Waals surface area contributed by atoms with Crippen LogP contribution in [0.5, 0.6) is 0 Å². The number of nitrogens with zero attached hydrogens (tertiary/aromatic N) is 2. The maximum atomic E-state index is 10.7. The second kappa shape index (κ2) is 5.82. The van der Waals surface area contributed by atoms with Crippen LogP contribution in [-0.4, -0.2) is 33.6 Å². The summed E-state index contributed by atoms with van der Waals surface area (Å²) in [5.41, 5.74) is 2.51. The van der Waals surface area contributed by atoms with Gasteiger partial charge in [-0.2, -0.15) is 5.10 Å². The number of hydrogen-bond acceptors (Lipinski definition) is 3. The summed E-state index contributed by atoms with van der Waals surface area (Å²) in [6.45, 7) is 8.95. The summed E-state index contributed by atoms with van der Waals surface area (Å²) in [7, 11) is 0. The number of carbonyl (C=O) groups is 1. The Hall–Kier alpha value is -1.36. The van der Waals surface area contributed by atoms with Crippen LogP contribution in [-0.2, 0) is 22.5 Å². The van der Waals surface area contributed by atoms with E-state index in [1.807, 2.05) is 32.4 Å². The highest BCUT2D eigenvalue weighted by molar-refractivity contribution is 5.70. The normalized spacial score (nSPS) is 11.1. The van der Waals surface area contributed by atoms with Crippen molar-refractivity contribution in [2.45, 2.75) is 46.8 Å². The second-order valence-corrected chi connectivity index (χ2v) is 4.36. The summed E-state index contributed by atoms with van der Waals surface area (Å²) >= 11 is 0. The lowest BCUT2D eigenvalue weighted by molar-refractivity contribution is -0.136. The van der Waals surface area contributed by atoms with Crippen molar-refractivity contribution >= 4 is 5.97 Å². The number of ether oxygens (including phenoxy) is 1. The molecule has 0 saturated carbocycles. The van der Waals surface area contributed by atoms with E-state index >= 15 is 0 Å². The van der Waals surface area contributed by atoms with E-state index in [0.29, 0.717) is 13.2 Å². The van der Waals surface area contributed by atoms with E-state index in [4.69, 9.17) is 9.84 Å². The molecule has 0 amide bonds. The van der Waals surface area contributed by atoms with Gasteiger partial charge in [-0.1, -0.05) is 0 Å². The van der Waals surface area contributed by atoms with Gasteiger partial charge < -0.3 is 9.84 Å². The summed E-state index contributed by atoms with van der Waals surface area (Å²) in [4.78, 5) is 10.7. The molecule has 5 nitrogen and oxygen atoms in total. The number of carboxylic acids is 1. The average Bonchev–Trinajstić information content (AvgIpc) is 2.45. The van der Waals surface area contributed by atoms with E-state index in [-0.39, 0.29) is 12.5 Å². The molecule has 0 radical (unpaired) electrons. The molecule has 0 fully saturated rings. The SMILES string of the molecule is Cc1nn(CCOC(C)C)c(C)c1CC(=O)O. The number of aromatic nitrogens is 2. The van der Waals surface area contributed by atoms with Gasteiger partial charge in [0.15, 0.2) is 0 Å². The lowest BCUT2D eigenvalue weighted by Gasteiger charge is -2.08. The highest BCUT2D eigenvalue weighted by Gasteiger charge is 2.14. The molecular formula is C12H20N2O3.